The van der Waals surface area contributed by atoms with E-state index in [9.17, 15) is 0 Å². The predicted molar refractivity (Wildman–Crippen MR) is 78.1 cm³/mol. The van der Waals surface area contributed by atoms with Gasteiger partial charge in [-0.25, -0.2) is 0 Å². The molecule has 3 nitrogen and oxygen atoms in total. The van der Waals surface area contributed by atoms with E-state index in [4.69, 9.17) is 17.3 Å². The molecule has 0 aliphatic heterocycles. The lowest BCUT2D eigenvalue weighted by molar-refractivity contribution is 1.32. The van der Waals surface area contributed by atoms with Crippen molar-refractivity contribution in [2.75, 3.05) is 11.2 Å². The molecule has 0 unspecified atom stereocenters. The molecule has 2 aromatic carbocycles. The van der Waals surface area contributed by atoms with Gasteiger partial charge in [0, 0.05) is 10.7 Å². The number of nitrogens with one attached hydrogen (secondary N) is 1. The van der Waals surface area contributed by atoms with Crippen LogP contribution in [0.3, 0.4) is 0 Å². The normalized spacial score (nSPS) is 11.3. The highest BCUT2D eigenvalue weighted by atomic mass is 35.5. The molecule has 0 saturated carbocycles. The first-order chi connectivity index (χ1) is 8.65. The lowest BCUT2D eigenvalue weighted by Crippen LogP contribution is -2.00. The number of benzene rings is 2. The molecular formula is C14H14ClN3. The van der Waals surface area contributed by atoms with Crippen LogP contribution in [0.1, 0.15) is 12.5 Å². The summed E-state index contributed by atoms with van der Waals surface area (Å²) in [6.07, 6.45) is 0. The largest absolute Gasteiger partial charge is 0.399 e. The van der Waals surface area contributed by atoms with Crippen LogP contribution in [0.15, 0.2) is 53.6 Å². The minimum absolute atomic E-state index is 0.706. The molecule has 0 amide bonds. The number of nitrogens with zero attached hydrogens (tertiary/aromatic N) is 1. The van der Waals surface area contributed by atoms with Gasteiger partial charge in [-0.3, -0.25) is 5.43 Å². The molecule has 0 spiro atoms. The molecule has 18 heavy (non-hydrogen) atoms. The molecule has 92 valence electrons. The SMILES string of the molecule is C/C(=N/Nc1ccc(Cl)cc1)c1cccc(N)c1. The molecule has 0 fully saturated rings. The summed E-state index contributed by atoms with van der Waals surface area (Å²) in [5.41, 5.74) is 12.2. The molecule has 0 aliphatic carbocycles. The average molecular weight is 260 g/mol. The highest BCUT2D eigenvalue weighted by Crippen LogP contribution is 2.14. The zero-order chi connectivity index (χ0) is 13.0. The van der Waals surface area contributed by atoms with Crippen LogP contribution in [0.2, 0.25) is 5.02 Å². The van der Waals surface area contributed by atoms with Crippen LogP contribution < -0.4 is 11.2 Å². The minimum Gasteiger partial charge on any atom is -0.399 e. The van der Waals surface area contributed by atoms with Gasteiger partial charge in [0.05, 0.1) is 11.4 Å². The van der Waals surface area contributed by atoms with Gasteiger partial charge in [-0.05, 0) is 48.9 Å². The fourth-order valence-corrected chi connectivity index (χ4v) is 1.63. The van der Waals surface area contributed by atoms with E-state index >= 15 is 0 Å². The Hall–Kier alpha value is -2.00. The second-order valence-corrected chi connectivity index (χ2v) is 4.38. The third-order valence-electron chi connectivity index (χ3n) is 2.50. The molecule has 0 saturated heterocycles. The fourth-order valence-electron chi connectivity index (χ4n) is 1.50. The van der Waals surface area contributed by atoms with Crippen LogP contribution in [0.4, 0.5) is 11.4 Å². The van der Waals surface area contributed by atoms with Gasteiger partial charge in [0.1, 0.15) is 0 Å². The summed E-state index contributed by atoms with van der Waals surface area (Å²) >= 11 is 5.81. The number of hydrazone groups is 1. The van der Waals surface area contributed by atoms with Gasteiger partial charge in [0.2, 0.25) is 0 Å². The Kier molecular flexibility index (Phi) is 3.85. The van der Waals surface area contributed by atoms with E-state index in [1.54, 1.807) is 0 Å². The van der Waals surface area contributed by atoms with E-state index < -0.39 is 0 Å². The van der Waals surface area contributed by atoms with Crippen molar-refractivity contribution in [1.82, 2.24) is 0 Å². The Morgan fingerprint density at radius 1 is 1.17 bits per heavy atom. The monoisotopic (exact) mass is 259 g/mol. The standard InChI is InChI=1S/C14H14ClN3/c1-10(11-3-2-4-13(16)9-11)17-18-14-7-5-12(15)6-8-14/h2-9,18H,16H2,1H3/b17-10-. The maximum atomic E-state index is 5.81. The van der Waals surface area contributed by atoms with E-state index in [1.807, 2.05) is 55.5 Å². The molecular weight excluding hydrogens is 246 g/mol. The molecule has 0 aromatic heterocycles. The van der Waals surface area contributed by atoms with Crippen LogP contribution >= 0.6 is 11.6 Å². The molecule has 0 radical (unpaired) electrons. The number of hydrogen-bond donors (Lipinski definition) is 2. The van der Waals surface area contributed by atoms with Crippen molar-refractivity contribution >= 4 is 28.7 Å². The lowest BCUT2D eigenvalue weighted by Gasteiger charge is -2.04. The van der Waals surface area contributed by atoms with E-state index in [0.29, 0.717) is 5.02 Å². The molecule has 2 rings (SSSR count). The van der Waals surface area contributed by atoms with Gasteiger partial charge < -0.3 is 5.73 Å². The van der Waals surface area contributed by atoms with Crippen molar-refractivity contribution in [1.29, 1.82) is 0 Å². The van der Waals surface area contributed by atoms with Crippen molar-refractivity contribution < 1.29 is 0 Å². The van der Waals surface area contributed by atoms with Crippen LogP contribution in [-0.2, 0) is 0 Å². The summed E-state index contributed by atoms with van der Waals surface area (Å²) in [5, 5.41) is 5.01. The summed E-state index contributed by atoms with van der Waals surface area (Å²) in [7, 11) is 0. The van der Waals surface area contributed by atoms with Gasteiger partial charge >= 0.3 is 0 Å². The van der Waals surface area contributed by atoms with Crippen molar-refractivity contribution in [3.8, 4) is 0 Å². The van der Waals surface area contributed by atoms with Gasteiger partial charge in [0.15, 0.2) is 0 Å². The summed E-state index contributed by atoms with van der Waals surface area (Å²) in [4.78, 5) is 0. The van der Waals surface area contributed by atoms with Crippen molar-refractivity contribution in [2.45, 2.75) is 6.92 Å². The zero-order valence-electron chi connectivity index (χ0n) is 10.0. The second kappa shape index (κ2) is 5.56. The summed E-state index contributed by atoms with van der Waals surface area (Å²) < 4.78 is 0. The molecule has 3 N–H and O–H groups in total. The highest BCUT2D eigenvalue weighted by molar-refractivity contribution is 6.30. The molecule has 0 aliphatic rings. The zero-order valence-corrected chi connectivity index (χ0v) is 10.8. The third-order valence-corrected chi connectivity index (χ3v) is 2.75. The van der Waals surface area contributed by atoms with Crippen molar-refractivity contribution in [3.05, 3.63) is 59.1 Å². The predicted octanol–water partition coefficient (Wildman–Crippen LogP) is 3.76. The maximum absolute atomic E-state index is 5.81. The fraction of sp³-hybridized carbons (Fsp3) is 0.0714. The summed E-state index contributed by atoms with van der Waals surface area (Å²) in [6, 6.07) is 15.0. The second-order valence-electron chi connectivity index (χ2n) is 3.94. The Morgan fingerprint density at radius 3 is 2.56 bits per heavy atom. The first-order valence-electron chi connectivity index (χ1n) is 5.57. The number of halogens is 1. The Labute approximate surface area is 111 Å². The van der Waals surface area contributed by atoms with E-state index in [2.05, 4.69) is 10.5 Å². The summed E-state index contributed by atoms with van der Waals surface area (Å²) in [6.45, 7) is 1.93. The Bertz CT molecular complexity index is 562. The Morgan fingerprint density at radius 2 is 1.89 bits per heavy atom. The van der Waals surface area contributed by atoms with E-state index in [1.165, 1.54) is 0 Å². The first-order valence-corrected chi connectivity index (χ1v) is 5.95. The quantitative estimate of drug-likeness (QED) is 0.501. The van der Waals surface area contributed by atoms with Gasteiger partial charge in [-0.2, -0.15) is 5.10 Å². The van der Waals surface area contributed by atoms with E-state index in [0.717, 1.165) is 22.6 Å². The number of nitrogens with two attached hydrogens (primary N) is 1. The third kappa shape index (κ3) is 3.25. The highest BCUT2D eigenvalue weighted by Gasteiger charge is 1.97. The molecule has 0 bridgehead atoms. The van der Waals surface area contributed by atoms with Crippen LogP contribution in [0.5, 0.6) is 0 Å². The van der Waals surface area contributed by atoms with E-state index in [-0.39, 0.29) is 0 Å². The summed E-state index contributed by atoms with van der Waals surface area (Å²) in [5.74, 6) is 0. The van der Waals surface area contributed by atoms with Crippen molar-refractivity contribution in [3.63, 3.8) is 0 Å². The van der Waals surface area contributed by atoms with Crippen LogP contribution in [-0.4, -0.2) is 5.71 Å². The number of rotatable bonds is 3. The molecule has 0 heterocycles. The smallest absolute Gasteiger partial charge is 0.0649 e. The van der Waals surface area contributed by atoms with Crippen LogP contribution in [0.25, 0.3) is 0 Å². The number of nitrogen functional groups attached to an aromatic ring is 1. The lowest BCUT2D eigenvalue weighted by atomic mass is 10.1. The Balaban J connectivity index is 2.11. The first kappa shape index (κ1) is 12.5. The van der Waals surface area contributed by atoms with Gasteiger partial charge in [0.25, 0.3) is 0 Å². The topological polar surface area (TPSA) is 50.4 Å². The van der Waals surface area contributed by atoms with Crippen molar-refractivity contribution in [2.24, 2.45) is 5.10 Å². The molecule has 2 aromatic rings. The van der Waals surface area contributed by atoms with Gasteiger partial charge in [-0.1, -0.05) is 23.7 Å². The molecule has 0 atom stereocenters. The molecule has 4 heteroatoms. The number of hydrogen-bond acceptors (Lipinski definition) is 3. The minimum atomic E-state index is 0.706. The van der Waals surface area contributed by atoms with Crippen LogP contribution in [0, 0.1) is 0 Å². The maximum Gasteiger partial charge on any atom is 0.0649 e. The average Bonchev–Trinajstić information content (AvgIpc) is 2.38. The van der Waals surface area contributed by atoms with Gasteiger partial charge in [-0.15, -0.1) is 0 Å². The number of anilines is 2.